The van der Waals surface area contributed by atoms with Crippen molar-refractivity contribution < 1.29 is 22.4 Å². The number of fused-ring (bicyclic) bond motifs is 3. The Morgan fingerprint density at radius 3 is 2.52 bits per heavy atom. The van der Waals surface area contributed by atoms with Crippen LogP contribution in [0.15, 0.2) is 65.1 Å². The number of amides is 1. The molecule has 0 fully saturated rings. The molecule has 0 bridgehead atoms. The number of hydrogen-bond donors (Lipinski definition) is 1. The van der Waals surface area contributed by atoms with Gasteiger partial charge in [-0.2, -0.15) is 13.2 Å². The molecule has 1 amide bonds. The Kier molecular flexibility index (Phi) is 3.91. The van der Waals surface area contributed by atoms with Crippen molar-refractivity contribution in [3.05, 3.63) is 77.6 Å². The van der Waals surface area contributed by atoms with Crippen LogP contribution < -0.4 is 5.32 Å². The van der Waals surface area contributed by atoms with Crippen LogP contribution in [0.1, 0.15) is 21.7 Å². The summed E-state index contributed by atoms with van der Waals surface area (Å²) in [5, 5.41) is 5.13. The number of hydrogen-bond acceptors (Lipinski definition) is 2. The maximum atomic E-state index is 12.8. The number of carbonyl (C=O) groups is 1. The van der Waals surface area contributed by atoms with Gasteiger partial charge in [-0.05, 0) is 30.5 Å². The Bertz CT molecular complexity index is 1180. The number of halogens is 3. The molecule has 3 nitrogen and oxygen atoms in total. The minimum absolute atomic E-state index is 0.0551. The molecule has 0 aliphatic carbocycles. The molecule has 0 aliphatic heterocycles. The van der Waals surface area contributed by atoms with Gasteiger partial charge in [0.2, 0.25) is 0 Å². The van der Waals surface area contributed by atoms with Crippen molar-refractivity contribution in [3.8, 4) is 0 Å². The van der Waals surface area contributed by atoms with E-state index in [2.05, 4.69) is 5.32 Å². The van der Waals surface area contributed by atoms with Crippen molar-refractivity contribution in [2.75, 3.05) is 5.32 Å². The molecule has 0 saturated heterocycles. The molecule has 0 spiro atoms. The van der Waals surface area contributed by atoms with Gasteiger partial charge in [0.1, 0.15) is 5.58 Å². The van der Waals surface area contributed by atoms with Crippen molar-refractivity contribution in [1.82, 2.24) is 0 Å². The number of nitrogens with one attached hydrogen (secondary N) is 1. The topological polar surface area (TPSA) is 42.2 Å². The minimum atomic E-state index is -4.48. The van der Waals surface area contributed by atoms with Crippen molar-refractivity contribution >= 4 is 33.3 Å². The Morgan fingerprint density at radius 1 is 0.963 bits per heavy atom. The molecule has 1 aromatic heterocycles. The first-order valence-electron chi connectivity index (χ1n) is 8.24. The van der Waals surface area contributed by atoms with Crippen molar-refractivity contribution in [3.63, 3.8) is 0 Å². The molecule has 3 aromatic carbocycles. The zero-order chi connectivity index (χ0) is 19.2. The summed E-state index contributed by atoms with van der Waals surface area (Å²) in [4.78, 5) is 12.6. The van der Waals surface area contributed by atoms with E-state index in [1.54, 1.807) is 6.92 Å². The standard InChI is InChI=1S/C21H14F3NO2/c1-12-16-10-9-13-5-2-3-8-17(13)19(16)27-18(12)20(26)25-15-7-4-6-14(11-15)21(22,23)24/h2-11H,1H3,(H,25,26). The monoisotopic (exact) mass is 369 g/mol. The number of carbonyl (C=O) groups excluding carboxylic acids is 1. The third-order valence-electron chi connectivity index (χ3n) is 4.48. The van der Waals surface area contributed by atoms with Crippen LogP contribution in [0.4, 0.5) is 18.9 Å². The fourth-order valence-corrected chi connectivity index (χ4v) is 3.13. The van der Waals surface area contributed by atoms with Gasteiger partial charge in [0, 0.05) is 22.0 Å². The average molecular weight is 369 g/mol. The summed E-state index contributed by atoms with van der Waals surface area (Å²) in [6.45, 7) is 1.75. The number of benzene rings is 3. The minimum Gasteiger partial charge on any atom is -0.450 e. The summed E-state index contributed by atoms with van der Waals surface area (Å²) in [5.74, 6) is -0.508. The van der Waals surface area contributed by atoms with Crippen LogP contribution in [0.2, 0.25) is 0 Å². The lowest BCUT2D eigenvalue weighted by molar-refractivity contribution is -0.137. The summed E-state index contributed by atoms with van der Waals surface area (Å²) in [5.41, 5.74) is 0.451. The first-order chi connectivity index (χ1) is 12.8. The second-order valence-corrected chi connectivity index (χ2v) is 6.25. The molecule has 4 aromatic rings. The van der Waals surface area contributed by atoms with E-state index in [0.29, 0.717) is 11.1 Å². The molecule has 4 rings (SSSR count). The molecule has 6 heteroatoms. The number of alkyl halides is 3. The van der Waals surface area contributed by atoms with E-state index >= 15 is 0 Å². The summed E-state index contributed by atoms with van der Waals surface area (Å²) in [6, 6.07) is 15.9. The smallest absolute Gasteiger partial charge is 0.416 e. The third kappa shape index (κ3) is 3.03. The molecule has 136 valence electrons. The molecule has 27 heavy (non-hydrogen) atoms. The van der Waals surface area contributed by atoms with E-state index < -0.39 is 17.6 Å². The summed E-state index contributed by atoms with van der Waals surface area (Å²) in [6.07, 6.45) is -4.48. The van der Waals surface area contributed by atoms with E-state index in [1.165, 1.54) is 12.1 Å². The van der Waals surface area contributed by atoms with E-state index in [1.807, 2.05) is 36.4 Å². The molecule has 0 saturated carbocycles. The van der Waals surface area contributed by atoms with E-state index in [-0.39, 0.29) is 11.4 Å². The van der Waals surface area contributed by atoms with Crippen molar-refractivity contribution in [2.24, 2.45) is 0 Å². The highest BCUT2D eigenvalue weighted by Gasteiger charge is 2.30. The van der Waals surface area contributed by atoms with E-state index in [4.69, 9.17) is 4.42 Å². The Morgan fingerprint density at radius 2 is 1.74 bits per heavy atom. The Hall–Kier alpha value is -3.28. The first-order valence-corrected chi connectivity index (χ1v) is 8.24. The van der Waals surface area contributed by atoms with Gasteiger partial charge in [-0.15, -0.1) is 0 Å². The largest absolute Gasteiger partial charge is 0.450 e. The van der Waals surface area contributed by atoms with Crippen LogP contribution in [-0.4, -0.2) is 5.91 Å². The predicted octanol–water partition coefficient (Wildman–Crippen LogP) is 6.17. The lowest BCUT2D eigenvalue weighted by atomic mass is 10.1. The van der Waals surface area contributed by atoms with Crippen LogP contribution in [-0.2, 0) is 6.18 Å². The Balaban J connectivity index is 1.73. The zero-order valence-corrected chi connectivity index (χ0v) is 14.2. The predicted molar refractivity (Wildman–Crippen MR) is 97.9 cm³/mol. The highest BCUT2D eigenvalue weighted by Crippen LogP contribution is 2.33. The van der Waals surface area contributed by atoms with Gasteiger partial charge in [-0.25, -0.2) is 0 Å². The quantitative estimate of drug-likeness (QED) is 0.459. The van der Waals surface area contributed by atoms with Gasteiger partial charge in [-0.1, -0.05) is 42.5 Å². The van der Waals surface area contributed by atoms with Crippen LogP contribution in [0.3, 0.4) is 0 Å². The van der Waals surface area contributed by atoms with E-state index in [9.17, 15) is 18.0 Å². The highest BCUT2D eigenvalue weighted by atomic mass is 19.4. The van der Waals surface area contributed by atoms with Crippen LogP contribution in [0.5, 0.6) is 0 Å². The van der Waals surface area contributed by atoms with Crippen LogP contribution in [0, 0.1) is 6.92 Å². The van der Waals surface area contributed by atoms with Crippen molar-refractivity contribution in [1.29, 1.82) is 0 Å². The van der Waals surface area contributed by atoms with Gasteiger partial charge in [-0.3, -0.25) is 4.79 Å². The lowest BCUT2D eigenvalue weighted by Crippen LogP contribution is -2.13. The normalized spacial score (nSPS) is 11.9. The third-order valence-corrected chi connectivity index (χ3v) is 4.48. The molecule has 0 aliphatic rings. The second kappa shape index (κ2) is 6.16. The fraction of sp³-hybridized carbons (Fsp3) is 0.0952. The number of anilines is 1. The maximum Gasteiger partial charge on any atom is 0.416 e. The average Bonchev–Trinajstić information content (AvgIpc) is 2.99. The highest BCUT2D eigenvalue weighted by molar-refractivity contribution is 6.11. The van der Waals surface area contributed by atoms with Gasteiger partial charge in [0.05, 0.1) is 5.56 Å². The summed E-state index contributed by atoms with van der Waals surface area (Å²) in [7, 11) is 0. The van der Waals surface area contributed by atoms with Crippen LogP contribution in [0.25, 0.3) is 21.7 Å². The molecular formula is C21H14F3NO2. The van der Waals surface area contributed by atoms with Gasteiger partial charge in [0.25, 0.3) is 5.91 Å². The Labute approximate surface area is 152 Å². The number of aryl methyl sites for hydroxylation is 1. The summed E-state index contributed by atoms with van der Waals surface area (Å²) < 4.78 is 44.4. The first kappa shape index (κ1) is 17.1. The fourth-order valence-electron chi connectivity index (χ4n) is 3.13. The molecule has 0 unspecified atom stereocenters. The summed E-state index contributed by atoms with van der Waals surface area (Å²) >= 11 is 0. The number of furan rings is 1. The molecule has 1 N–H and O–H groups in total. The van der Waals surface area contributed by atoms with Gasteiger partial charge < -0.3 is 9.73 Å². The number of rotatable bonds is 2. The molecule has 0 radical (unpaired) electrons. The van der Waals surface area contributed by atoms with Gasteiger partial charge in [0.15, 0.2) is 5.76 Å². The van der Waals surface area contributed by atoms with Crippen LogP contribution >= 0.6 is 0 Å². The molecule has 0 atom stereocenters. The second-order valence-electron chi connectivity index (χ2n) is 6.25. The zero-order valence-electron chi connectivity index (χ0n) is 14.2. The van der Waals surface area contributed by atoms with Crippen molar-refractivity contribution in [2.45, 2.75) is 13.1 Å². The lowest BCUT2D eigenvalue weighted by Gasteiger charge is -2.09. The van der Waals surface area contributed by atoms with Gasteiger partial charge >= 0.3 is 6.18 Å². The SMILES string of the molecule is Cc1c(C(=O)Nc2cccc(C(F)(F)F)c2)oc2c1ccc1ccccc12. The maximum absolute atomic E-state index is 12.8. The molecule has 1 heterocycles. The molecular weight excluding hydrogens is 355 g/mol. The van der Waals surface area contributed by atoms with E-state index in [0.717, 1.165) is 28.3 Å².